The monoisotopic (exact) mass is 734 g/mol. The van der Waals surface area contributed by atoms with Gasteiger partial charge in [0.1, 0.15) is 0 Å². The molecule has 0 amide bonds. The van der Waals surface area contributed by atoms with Gasteiger partial charge in [-0.2, -0.15) is 0 Å². The molecule has 0 radical (unpaired) electrons. The van der Waals surface area contributed by atoms with Crippen molar-refractivity contribution >= 4 is 0 Å². The van der Waals surface area contributed by atoms with Gasteiger partial charge < -0.3 is 0 Å². The van der Waals surface area contributed by atoms with Crippen molar-refractivity contribution in [2.45, 2.75) is 233 Å². The molecule has 0 atom stereocenters. The minimum Gasteiger partial charge on any atom is -0.261 e. The molecule has 3 aromatic heterocycles. The third-order valence-electron chi connectivity index (χ3n) is 9.06. The molecular formula is C50H91N3. The molecule has 3 heterocycles. The lowest BCUT2D eigenvalue weighted by Gasteiger charge is -2.23. The van der Waals surface area contributed by atoms with E-state index in [4.69, 9.17) is 0 Å². The zero-order valence-electron chi connectivity index (χ0n) is 40.3. The van der Waals surface area contributed by atoms with Gasteiger partial charge in [-0.1, -0.05) is 166 Å². The summed E-state index contributed by atoms with van der Waals surface area (Å²) in [6.45, 7) is 56.9. The smallest absolute Gasteiger partial charge is 0.0466 e. The van der Waals surface area contributed by atoms with Crippen LogP contribution in [0.3, 0.4) is 0 Å². The third-order valence-corrected chi connectivity index (χ3v) is 9.06. The number of aromatic nitrogens is 3. The Bertz CT molecular complexity index is 1290. The zero-order chi connectivity index (χ0) is 42.5. The van der Waals surface area contributed by atoms with E-state index in [1.165, 1.54) is 61.6 Å². The maximum atomic E-state index is 4.64. The number of nitrogens with zero attached hydrogens (tertiary/aromatic N) is 3. The highest BCUT2D eigenvalue weighted by Gasteiger charge is 2.21. The Labute approximate surface area is 333 Å². The molecule has 0 aliphatic carbocycles. The molecule has 3 nitrogen and oxygen atoms in total. The van der Waals surface area contributed by atoms with E-state index in [9.17, 15) is 0 Å². The summed E-state index contributed by atoms with van der Waals surface area (Å²) in [5.74, 6) is 5.01. The summed E-state index contributed by atoms with van der Waals surface area (Å²) in [7, 11) is 0. The van der Waals surface area contributed by atoms with Crippen LogP contribution in [0.2, 0.25) is 0 Å². The molecule has 3 aromatic rings. The molecule has 3 rings (SSSR count). The average molecular weight is 734 g/mol. The lowest BCUT2D eigenvalue weighted by molar-refractivity contribution is 0.718. The molecule has 0 spiro atoms. The van der Waals surface area contributed by atoms with E-state index in [0.717, 1.165) is 0 Å². The van der Waals surface area contributed by atoms with Gasteiger partial charge in [0.2, 0.25) is 0 Å². The minimum atomic E-state index is 0.510. The SMILES string of the molecule is CC.CC.CC.CC(C)c1ccnc(C(C)C)c1C(C)C.Cc1cnc(C(C)C)c(C(C)C)c1C(C)C.Cc1ncc(C(C)C)c(C(C)C)c1C(C)C. The van der Waals surface area contributed by atoms with E-state index < -0.39 is 0 Å². The van der Waals surface area contributed by atoms with Crippen LogP contribution in [0.5, 0.6) is 0 Å². The van der Waals surface area contributed by atoms with Gasteiger partial charge in [-0.05, 0) is 118 Å². The Kier molecular flexibility index (Phi) is 28.9. The van der Waals surface area contributed by atoms with Crippen LogP contribution in [0.1, 0.15) is 281 Å². The van der Waals surface area contributed by atoms with Crippen LogP contribution < -0.4 is 0 Å². The quantitative estimate of drug-likeness (QED) is 0.220. The van der Waals surface area contributed by atoms with Crippen molar-refractivity contribution in [3.05, 3.63) is 86.2 Å². The second-order valence-corrected chi connectivity index (χ2v) is 16.4. The fourth-order valence-electron chi connectivity index (χ4n) is 7.08. The predicted molar refractivity (Wildman–Crippen MR) is 243 cm³/mol. The Morgan fingerprint density at radius 3 is 1.06 bits per heavy atom. The highest BCUT2D eigenvalue weighted by molar-refractivity contribution is 5.43. The minimum absolute atomic E-state index is 0.510. The Morgan fingerprint density at radius 1 is 0.340 bits per heavy atom. The summed E-state index contributed by atoms with van der Waals surface area (Å²) in [6, 6.07) is 2.17. The summed E-state index contributed by atoms with van der Waals surface area (Å²) in [6.07, 6.45) is 6.06. The molecule has 0 N–H and O–H groups in total. The van der Waals surface area contributed by atoms with Crippen LogP contribution in [-0.2, 0) is 0 Å². The van der Waals surface area contributed by atoms with E-state index in [1.807, 2.05) is 53.9 Å². The van der Waals surface area contributed by atoms with Crippen molar-refractivity contribution in [3.63, 3.8) is 0 Å². The van der Waals surface area contributed by atoms with Crippen LogP contribution in [0.4, 0.5) is 0 Å². The summed E-state index contributed by atoms with van der Waals surface area (Å²) >= 11 is 0. The summed E-state index contributed by atoms with van der Waals surface area (Å²) in [5, 5.41) is 0. The standard InChI is InChI=1S/2C15H25N.C14H23N.3C2H6/c1-9(2)13-8-16-12(7)14(10(3)4)15(13)11(5)6;1-9(2)13-12(7)8-16-15(11(5)6)14(13)10(3)4;1-9(2)12-7-8-15-14(11(5)6)13(12)10(3)4;3*1-2/h2*8-11H,1-7H3;7-11H,1-6H3;3*1-2H3. The van der Waals surface area contributed by atoms with Crippen LogP contribution in [0.25, 0.3) is 0 Å². The third kappa shape index (κ3) is 16.8. The predicted octanol–water partition coefficient (Wildman–Crippen LogP) is 17.1. The van der Waals surface area contributed by atoms with Crippen LogP contribution in [-0.4, -0.2) is 15.0 Å². The molecule has 0 unspecified atom stereocenters. The second kappa shape index (κ2) is 27.9. The first-order chi connectivity index (χ1) is 24.7. The van der Waals surface area contributed by atoms with Crippen molar-refractivity contribution in [3.8, 4) is 0 Å². The normalized spacial score (nSPS) is 10.8. The van der Waals surface area contributed by atoms with Gasteiger partial charge in [0.25, 0.3) is 0 Å². The van der Waals surface area contributed by atoms with E-state index in [1.54, 1.807) is 0 Å². The van der Waals surface area contributed by atoms with Crippen molar-refractivity contribution in [2.75, 3.05) is 0 Å². The van der Waals surface area contributed by atoms with Crippen molar-refractivity contribution in [2.24, 2.45) is 0 Å². The summed E-state index contributed by atoms with van der Waals surface area (Å²) in [4.78, 5) is 13.7. The molecule has 0 aromatic carbocycles. The number of aryl methyl sites for hydroxylation is 2. The Balaban J connectivity index is -0.000000659. The van der Waals surface area contributed by atoms with Gasteiger partial charge in [-0.25, -0.2) is 0 Å². The van der Waals surface area contributed by atoms with E-state index in [0.29, 0.717) is 53.3 Å². The molecule has 3 heteroatoms. The Hall–Kier alpha value is -2.55. The molecule has 0 aliphatic rings. The maximum Gasteiger partial charge on any atom is 0.0466 e. The molecular weight excluding hydrogens is 643 g/mol. The average Bonchev–Trinajstić information content (AvgIpc) is 3.09. The van der Waals surface area contributed by atoms with Crippen LogP contribution in [0.15, 0.2) is 24.7 Å². The zero-order valence-corrected chi connectivity index (χ0v) is 40.3. The molecule has 0 aliphatic heterocycles. The molecule has 0 saturated heterocycles. The first-order valence-electron chi connectivity index (χ1n) is 21.6. The fraction of sp³-hybridized carbons (Fsp3) is 0.700. The van der Waals surface area contributed by atoms with E-state index >= 15 is 0 Å². The molecule has 306 valence electrons. The fourth-order valence-corrected chi connectivity index (χ4v) is 7.08. The molecule has 53 heavy (non-hydrogen) atoms. The number of pyridine rings is 3. The topological polar surface area (TPSA) is 38.7 Å². The highest BCUT2D eigenvalue weighted by atomic mass is 14.7. The maximum absolute atomic E-state index is 4.64. The van der Waals surface area contributed by atoms with Gasteiger partial charge in [0.15, 0.2) is 0 Å². The van der Waals surface area contributed by atoms with Crippen molar-refractivity contribution < 1.29 is 0 Å². The lowest BCUT2D eigenvalue weighted by Crippen LogP contribution is -2.09. The molecule has 0 fully saturated rings. The van der Waals surface area contributed by atoms with Crippen LogP contribution in [0, 0.1) is 13.8 Å². The number of hydrogen-bond donors (Lipinski definition) is 0. The first kappa shape index (κ1) is 54.8. The lowest BCUT2D eigenvalue weighted by atomic mass is 9.84. The van der Waals surface area contributed by atoms with Gasteiger partial charge >= 0.3 is 0 Å². The Morgan fingerprint density at radius 2 is 0.717 bits per heavy atom. The number of rotatable bonds is 9. The molecule has 0 saturated carbocycles. The second-order valence-electron chi connectivity index (χ2n) is 16.4. The molecule has 0 bridgehead atoms. The van der Waals surface area contributed by atoms with Gasteiger partial charge in [0.05, 0.1) is 0 Å². The van der Waals surface area contributed by atoms with Gasteiger partial charge in [-0.3, -0.25) is 15.0 Å². The van der Waals surface area contributed by atoms with Gasteiger partial charge in [0, 0.05) is 35.7 Å². The highest BCUT2D eigenvalue weighted by Crippen LogP contribution is 2.35. The van der Waals surface area contributed by atoms with E-state index in [-0.39, 0.29) is 0 Å². The van der Waals surface area contributed by atoms with Crippen molar-refractivity contribution in [1.82, 2.24) is 15.0 Å². The summed E-state index contributed by atoms with van der Waals surface area (Å²) < 4.78 is 0. The van der Waals surface area contributed by atoms with Gasteiger partial charge in [-0.15, -0.1) is 0 Å². The largest absolute Gasteiger partial charge is 0.261 e. The van der Waals surface area contributed by atoms with E-state index in [2.05, 4.69) is 166 Å². The first-order valence-corrected chi connectivity index (χ1v) is 21.6. The summed E-state index contributed by atoms with van der Waals surface area (Å²) in [5.41, 5.74) is 15.4. The van der Waals surface area contributed by atoms with Crippen molar-refractivity contribution in [1.29, 1.82) is 0 Å². The van der Waals surface area contributed by atoms with Crippen LogP contribution >= 0.6 is 0 Å². The number of hydrogen-bond acceptors (Lipinski definition) is 3.